The number of benzene rings is 2. The SMILES string of the molecule is CC1CCC(Sc2ccc(O)c3ccccc23)CC1. The van der Waals surface area contributed by atoms with Gasteiger partial charge in [-0.05, 0) is 49.1 Å². The summed E-state index contributed by atoms with van der Waals surface area (Å²) in [7, 11) is 0. The van der Waals surface area contributed by atoms with E-state index in [9.17, 15) is 5.11 Å². The summed E-state index contributed by atoms with van der Waals surface area (Å²) in [6.07, 6.45) is 5.35. The third-order valence-electron chi connectivity index (χ3n) is 4.12. The van der Waals surface area contributed by atoms with E-state index in [2.05, 4.69) is 25.1 Å². The van der Waals surface area contributed by atoms with Crippen molar-refractivity contribution in [3.05, 3.63) is 36.4 Å². The molecule has 0 heterocycles. The summed E-state index contributed by atoms with van der Waals surface area (Å²) in [4.78, 5) is 1.31. The van der Waals surface area contributed by atoms with Crippen molar-refractivity contribution in [2.24, 2.45) is 5.92 Å². The molecule has 1 nitrogen and oxygen atoms in total. The number of aromatic hydroxyl groups is 1. The molecule has 0 unspecified atom stereocenters. The van der Waals surface area contributed by atoms with Gasteiger partial charge in [0.2, 0.25) is 0 Å². The van der Waals surface area contributed by atoms with Crippen molar-refractivity contribution in [1.82, 2.24) is 0 Å². The molecule has 0 amide bonds. The van der Waals surface area contributed by atoms with E-state index in [1.165, 1.54) is 36.0 Å². The zero-order valence-corrected chi connectivity index (χ0v) is 12.1. The molecule has 2 heteroatoms. The Morgan fingerprint density at radius 1 is 0.947 bits per heavy atom. The van der Waals surface area contributed by atoms with Crippen molar-refractivity contribution < 1.29 is 5.11 Å². The fourth-order valence-corrected chi connectivity index (χ4v) is 4.20. The monoisotopic (exact) mass is 272 g/mol. The predicted octanol–water partition coefficient (Wildman–Crippen LogP) is 5.22. The Kier molecular flexibility index (Phi) is 3.69. The molecule has 1 saturated carbocycles. The van der Waals surface area contributed by atoms with Gasteiger partial charge in [0.25, 0.3) is 0 Å². The Morgan fingerprint density at radius 2 is 1.63 bits per heavy atom. The van der Waals surface area contributed by atoms with E-state index >= 15 is 0 Å². The second kappa shape index (κ2) is 5.46. The number of rotatable bonds is 2. The average molecular weight is 272 g/mol. The van der Waals surface area contributed by atoms with E-state index in [1.807, 2.05) is 30.0 Å². The molecule has 1 fully saturated rings. The Morgan fingerprint density at radius 3 is 2.37 bits per heavy atom. The Balaban J connectivity index is 1.87. The van der Waals surface area contributed by atoms with E-state index in [1.54, 1.807) is 0 Å². The zero-order chi connectivity index (χ0) is 13.2. The van der Waals surface area contributed by atoms with Gasteiger partial charge in [0.1, 0.15) is 5.75 Å². The van der Waals surface area contributed by atoms with Crippen LogP contribution in [0, 0.1) is 5.92 Å². The topological polar surface area (TPSA) is 20.2 Å². The van der Waals surface area contributed by atoms with Gasteiger partial charge >= 0.3 is 0 Å². The number of hydrogen-bond donors (Lipinski definition) is 1. The molecule has 0 atom stereocenters. The normalized spacial score (nSPS) is 23.6. The summed E-state index contributed by atoms with van der Waals surface area (Å²) in [6, 6.07) is 12.0. The van der Waals surface area contributed by atoms with Crippen LogP contribution in [0.4, 0.5) is 0 Å². The Hall–Kier alpha value is -1.15. The lowest BCUT2D eigenvalue weighted by molar-refractivity contribution is 0.393. The highest BCUT2D eigenvalue weighted by Crippen LogP contribution is 2.40. The summed E-state index contributed by atoms with van der Waals surface area (Å²) in [5.74, 6) is 1.28. The van der Waals surface area contributed by atoms with Crippen LogP contribution in [0.5, 0.6) is 5.75 Å². The van der Waals surface area contributed by atoms with Crippen LogP contribution in [0.15, 0.2) is 41.3 Å². The highest BCUT2D eigenvalue weighted by molar-refractivity contribution is 8.00. The van der Waals surface area contributed by atoms with Gasteiger partial charge in [0.15, 0.2) is 0 Å². The van der Waals surface area contributed by atoms with Crippen LogP contribution >= 0.6 is 11.8 Å². The molecular weight excluding hydrogens is 252 g/mol. The predicted molar refractivity (Wildman–Crippen MR) is 82.9 cm³/mol. The Bertz CT molecular complexity index is 570. The minimum atomic E-state index is 0.386. The fraction of sp³-hybridized carbons (Fsp3) is 0.412. The molecule has 1 N–H and O–H groups in total. The minimum absolute atomic E-state index is 0.386. The molecule has 0 saturated heterocycles. The molecule has 19 heavy (non-hydrogen) atoms. The number of phenolic OH excluding ortho intramolecular Hbond substituents is 1. The summed E-state index contributed by atoms with van der Waals surface area (Å²) in [5.41, 5.74) is 0. The van der Waals surface area contributed by atoms with Crippen molar-refractivity contribution >= 4 is 22.5 Å². The van der Waals surface area contributed by atoms with Crippen molar-refractivity contribution in [1.29, 1.82) is 0 Å². The molecule has 3 rings (SSSR count). The smallest absolute Gasteiger partial charge is 0.123 e. The first kappa shape index (κ1) is 12.9. The molecule has 0 radical (unpaired) electrons. The summed E-state index contributed by atoms with van der Waals surface area (Å²) < 4.78 is 0. The molecule has 100 valence electrons. The Labute approximate surface area is 119 Å². The summed E-state index contributed by atoms with van der Waals surface area (Å²) in [5, 5.41) is 12.8. The highest BCUT2D eigenvalue weighted by atomic mass is 32.2. The number of phenols is 1. The molecule has 2 aromatic rings. The van der Waals surface area contributed by atoms with Gasteiger partial charge in [-0.3, -0.25) is 0 Å². The maximum Gasteiger partial charge on any atom is 0.123 e. The van der Waals surface area contributed by atoms with Gasteiger partial charge in [0, 0.05) is 15.5 Å². The number of thioether (sulfide) groups is 1. The maximum absolute atomic E-state index is 9.93. The molecule has 1 aliphatic rings. The lowest BCUT2D eigenvalue weighted by atomic mass is 9.91. The van der Waals surface area contributed by atoms with E-state index in [0.29, 0.717) is 5.75 Å². The van der Waals surface area contributed by atoms with E-state index in [4.69, 9.17) is 0 Å². The molecular formula is C17H20OS. The maximum atomic E-state index is 9.93. The number of hydrogen-bond acceptors (Lipinski definition) is 2. The van der Waals surface area contributed by atoms with Gasteiger partial charge in [0.05, 0.1) is 0 Å². The van der Waals surface area contributed by atoms with Crippen LogP contribution < -0.4 is 0 Å². The fourth-order valence-electron chi connectivity index (χ4n) is 2.89. The van der Waals surface area contributed by atoms with Gasteiger partial charge in [-0.25, -0.2) is 0 Å². The van der Waals surface area contributed by atoms with Crippen LogP contribution in [0.1, 0.15) is 32.6 Å². The zero-order valence-electron chi connectivity index (χ0n) is 11.3. The first-order valence-corrected chi connectivity index (χ1v) is 7.99. The second-order valence-corrected chi connectivity index (χ2v) is 6.97. The highest BCUT2D eigenvalue weighted by Gasteiger charge is 2.20. The second-order valence-electron chi connectivity index (χ2n) is 5.63. The van der Waals surface area contributed by atoms with Crippen LogP contribution in [-0.2, 0) is 0 Å². The van der Waals surface area contributed by atoms with Crippen molar-refractivity contribution in [3.8, 4) is 5.75 Å². The van der Waals surface area contributed by atoms with Crippen LogP contribution in [0.2, 0.25) is 0 Å². The third-order valence-corrected chi connectivity index (χ3v) is 5.53. The quantitative estimate of drug-likeness (QED) is 0.809. The van der Waals surface area contributed by atoms with Crippen molar-refractivity contribution in [3.63, 3.8) is 0 Å². The van der Waals surface area contributed by atoms with Gasteiger partial charge in [-0.15, -0.1) is 11.8 Å². The summed E-state index contributed by atoms with van der Waals surface area (Å²) >= 11 is 1.99. The third kappa shape index (κ3) is 2.74. The molecule has 2 aromatic carbocycles. The van der Waals surface area contributed by atoms with E-state index < -0.39 is 0 Å². The van der Waals surface area contributed by atoms with Crippen molar-refractivity contribution in [2.75, 3.05) is 0 Å². The lowest BCUT2D eigenvalue weighted by Gasteiger charge is -2.26. The first-order chi connectivity index (χ1) is 9.24. The standard InChI is InChI=1S/C17H20OS/c1-12-6-8-13(9-7-12)19-17-11-10-16(18)14-4-2-3-5-15(14)17/h2-5,10-13,18H,6-9H2,1H3. The first-order valence-electron chi connectivity index (χ1n) is 7.11. The number of fused-ring (bicyclic) bond motifs is 1. The van der Waals surface area contributed by atoms with Gasteiger partial charge in [-0.1, -0.05) is 31.2 Å². The minimum Gasteiger partial charge on any atom is -0.507 e. The summed E-state index contributed by atoms with van der Waals surface area (Å²) in [6.45, 7) is 2.36. The molecule has 0 spiro atoms. The van der Waals surface area contributed by atoms with Crippen LogP contribution in [0.25, 0.3) is 10.8 Å². The largest absolute Gasteiger partial charge is 0.507 e. The average Bonchev–Trinajstić information content (AvgIpc) is 2.45. The molecule has 0 aliphatic heterocycles. The molecule has 0 bridgehead atoms. The van der Waals surface area contributed by atoms with Crippen molar-refractivity contribution in [2.45, 2.75) is 42.8 Å². The van der Waals surface area contributed by atoms with E-state index in [-0.39, 0.29) is 0 Å². The van der Waals surface area contributed by atoms with Crippen LogP contribution in [-0.4, -0.2) is 10.4 Å². The molecule has 1 aliphatic carbocycles. The van der Waals surface area contributed by atoms with Gasteiger partial charge in [-0.2, -0.15) is 0 Å². The van der Waals surface area contributed by atoms with E-state index in [0.717, 1.165) is 16.6 Å². The molecule has 0 aromatic heterocycles. The van der Waals surface area contributed by atoms with Crippen LogP contribution in [0.3, 0.4) is 0 Å². The lowest BCUT2D eigenvalue weighted by Crippen LogP contribution is -2.13. The van der Waals surface area contributed by atoms with Gasteiger partial charge < -0.3 is 5.11 Å².